The van der Waals surface area contributed by atoms with Crippen LogP contribution in [0.25, 0.3) is 0 Å². The van der Waals surface area contributed by atoms with Crippen LogP contribution in [-0.2, 0) is 6.42 Å². The maximum atomic E-state index is 4.64. The fourth-order valence-electron chi connectivity index (χ4n) is 2.58. The Balaban J connectivity index is 2.18. The monoisotopic (exact) mass is 263 g/mol. The number of likely N-dealkylation sites (N-methyl/N-ethyl adjacent to an activating group) is 1. The molecule has 19 heavy (non-hydrogen) atoms. The molecule has 0 saturated carbocycles. The van der Waals surface area contributed by atoms with Crippen LogP contribution in [0.5, 0.6) is 0 Å². The van der Waals surface area contributed by atoms with Gasteiger partial charge in [0, 0.05) is 31.6 Å². The summed E-state index contributed by atoms with van der Waals surface area (Å²) < 4.78 is 0. The summed E-state index contributed by atoms with van der Waals surface area (Å²) in [4.78, 5) is 11.5. The van der Waals surface area contributed by atoms with E-state index in [4.69, 9.17) is 0 Å². The van der Waals surface area contributed by atoms with Crippen LogP contribution in [0.4, 0.5) is 11.6 Å². The smallest absolute Gasteiger partial charge is 0.135 e. The van der Waals surface area contributed by atoms with Crippen molar-refractivity contribution in [3.63, 3.8) is 0 Å². The number of rotatable bonds is 4. The molecule has 1 fully saturated rings. The molecule has 0 aromatic carbocycles. The molecular weight excluding hydrogens is 238 g/mol. The third kappa shape index (κ3) is 3.35. The lowest BCUT2D eigenvalue weighted by molar-refractivity contribution is 0.260. The van der Waals surface area contributed by atoms with Gasteiger partial charge in [-0.2, -0.15) is 0 Å². The molecule has 1 aliphatic rings. The molecule has 0 amide bonds. The van der Waals surface area contributed by atoms with Gasteiger partial charge in [0.25, 0.3) is 0 Å². The first-order valence-corrected chi connectivity index (χ1v) is 7.14. The lowest BCUT2D eigenvalue weighted by Crippen LogP contribution is -2.40. The van der Waals surface area contributed by atoms with E-state index in [1.807, 2.05) is 7.05 Å². The van der Waals surface area contributed by atoms with Crippen molar-refractivity contribution in [3.05, 3.63) is 11.4 Å². The molecule has 0 aliphatic carbocycles. The van der Waals surface area contributed by atoms with Crippen molar-refractivity contribution < 1.29 is 0 Å². The van der Waals surface area contributed by atoms with E-state index in [0.717, 1.165) is 36.0 Å². The Morgan fingerprint density at radius 2 is 2.05 bits per heavy atom. The standard InChI is InChI=1S/C14H25N5/c1-5-12-17-13(15-3)10(2)14(18-12)16-11-7-6-8-19(4)9-11/h11H,5-9H2,1-4H3,(H2,15,16,17,18). The summed E-state index contributed by atoms with van der Waals surface area (Å²) in [6.45, 7) is 6.44. The Kier molecular flexibility index (Phi) is 4.58. The minimum atomic E-state index is 0.488. The number of likely N-dealkylation sites (tertiary alicyclic amines) is 1. The molecule has 1 aliphatic heterocycles. The summed E-state index contributed by atoms with van der Waals surface area (Å²) >= 11 is 0. The van der Waals surface area contributed by atoms with E-state index in [-0.39, 0.29) is 0 Å². The van der Waals surface area contributed by atoms with Crippen LogP contribution in [0.15, 0.2) is 0 Å². The Labute approximate surface area is 115 Å². The van der Waals surface area contributed by atoms with E-state index in [2.05, 4.69) is 46.4 Å². The fourth-order valence-corrected chi connectivity index (χ4v) is 2.58. The van der Waals surface area contributed by atoms with E-state index in [1.165, 1.54) is 19.4 Å². The first-order valence-electron chi connectivity index (χ1n) is 7.14. The second kappa shape index (κ2) is 6.19. The SMILES string of the molecule is CCc1nc(NC)c(C)c(NC2CCCN(C)C2)n1. The first kappa shape index (κ1) is 14.1. The van der Waals surface area contributed by atoms with Crippen LogP contribution < -0.4 is 10.6 Å². The average Bonchev–Trinajstić information content (AvgIpc) is 2.41. The highest BCUT2D eigenvalue weighted by atomic mass is 15.2. The van der Waals surface area contributed by atoms with Crippen LogP contribution >= 0.6 is 0 Å². The van der Waals surface area contributed by atoms with Crippen LogP contribution in [0.3, 0.4) is 0 Å². The van der Waals surface area contributed by atoms with Gasteiger partial charge in [-0.05, 0) is 33.4 Å². The van der Waals surface area contributed by atoms with Gasteiger partial charge in [-0.3, -0.25) is 0 Å². The van der Waals surface area contributed by atoms with Crippen molar-refractivity contribution in [3.8, 4) is 0 Å². The summed E-state index contributed by atoms with van der Waals surface area (Å²) in [5.41, 5.74) is 1.10. The molecule has 5 heteroatoms. The summed E-state index contributed by atoms with van der Waals surface area (Å²) in [6.07, 6.45) is 3.32. The highest BCUT2D eigenvalue weighted by Gasteiger charge is 2.19. The van der Waals surface area contributed by atoms with Gasteiger partial charge in [0.1, 0.15) is 17.5 Å². The lowest BCUT2D eigenvalue weighted by atomic mass is 10.1. The topological polar surface area (TPSA) is 53.1 Å². The zero-order chi connectivity index (χ0) is 13.8. The van der Waals surface area contributed by atoms with E-state index >= 15 is 0 Å². The van der Waals surface area contributed by atoms with Gasteiger partial charge in [-0.25, -0.2) is 9.97 Å². The quantitative estimate of drug-likeness (QED) is 0.869. The highest BCUT2D eigenvalue weighted by molar-refractivity contribution is 5.57. The number of aryl methyl sites for hydroxylation is 1. The normalized spacial score (nSPS) is 20.3. The third-order valence-electron chi connectivity index (χ3n) is 3.71. The molecule has 1 unspecified atom stereocenters. The predicted molar refractivity (Wildman–Crippen MR) is 79.8 cm³/mol. The molecule has 0 spiro atoms. The summed E-state index contributed by atoms with van der Waals surface area (Å²) in [7, 11) is 4.09. The van der Waals surface area contributed by atoms with Crippen molar-refractivity contribution in [1.29, 1.82) is 0 Å². The van der Waals surface area contributed by atoms with Gasteiger partial charge in [-0.1, -0.05) is 6.92 Å². The maximum Gasteiger partial charge on any atom is 0.135 e. The Morgan fingerprint density at radius 1 is 1.32 bits per heavy atom. The molecular formula is C14H25N5. The van der Waals surface area contributed by atoms with Crippen molar-refractivity contribution >= 4 is 11.6 Å². The van der Waals surface area contributed by atoms with Gasteiger partial charge < -0.3 is 15.5 Å². The van der Waals surface area contributed by atoms with Crippen LogP contribution in [0, 0.1) is 6.92 Å². The number of hydrogen-bond donors (Lipinski definition) is 2. The van der Waals surface area contributed by atoms with E-state index in [9.17, 15) is 0 Å². The van der Waals surface area contributed by atoms with Crippen molar-refractivity contribution in [2.75, 3.05) is 37.8 Å². The van der Waals surface area contributed by atoms with Crippen LogP contribution in [0.2, 0.25) is 0 Å². The van der Waals surface area contributed by atoms with Gasteiger partial charge >= 0.3 is 0 Å². The molecule has 106 valence electrons. The zero-order valence-corrected chi connectivity index (χ0v) is 12.5. The first-order chi connectivity index (χ1) is 9.13. The highest BCUT2D eigenvalue weighted by Crippen LogP contribution is 2.22. The van der Waals surface area contributed by atoms with Crippen LogP contribution in [0.1, 0.15) is 31.2 Å². The summed E-state index contributed by atoms with van der Waals surface area (Å²) in [6, 6.07) is 0.488. The Bertz CT molecular complexity index is 432. The third-order valence-corrected chi connectivity index (χ3v) is 3.71. The Morgan fingerprint density at radius 3 is 2.68 bits per heavy atom. The molecule has 1 aromatic rings. The summed E-state index contributed by atoms with van der Waals surface area (Å²) in [5, 5.41) is 6.75. The van der Waals surface area contributed by atoms with E-state index in [1.54, 1.807) is 0 Å². The number of piperidine rings is 1. The fraction of sp³-hybridized carbons (Fsp3) is 0.714. The van der Waals surface area contributed by atoms with Gasteiger partial charge in [0.05, 0.1) is 0 Å². The predicted octanol–water partition coefficient (Wildman–Crippen LogP) is 1.90. The second-order valence-corrected chi connectivity index (χ2v) is 5.31. The molecule has 1 saturated heterocycles. The number of nitrogens with zero attached hydrogens (tertiary/aromatic N) is 3. The number of aromatic nitrogens is 2. The zero-order valence-electron chi connectivity index (χ0n) is 12.5. The second-order valence-electron chi connectivity index (χ2n) is 5.31. The number of anilines is 2. The molecule has 1 atom stereocenters. The maximum absolute atomic E-state index is 4.64. The molecule has 2 rings (SSSR count). The number of hydrogen-bond acceptors (Lipinski definition) is 5. The van der Waals surface area contributed by atoms with E-state index < -0.39 is 0 Å². The lowest BCUT2D eigenvalue weighted by Gasteiger charge is -2.31. The molecule has 1 aromatic heterocycles. The van der Waals surface area contributed by atoms with E-state index in [0.29, 0.717) is 6.04 Å². The number of nitrogens with one attached hydrogen (secondary N) is 2. The summed E-state index contributed by atoms with van der Waals surface area (Å²) in [5.74, 6) is 2.80. The van der Waals surface area contributed by atoms with Crippen molar-refractivity contribution in [2.45, 2.75) is 39.2 Å². The molecule has 0 bridgehead atoms. The van der Waals surface area contributed by atoms with Gasteiger partial charge in [0.15, 0.2) is 0 Å². The van der Waals surface area contributed by atoms with Crippen molar-refractivity contribution in [2.24, 2.45) is 0 Å². The van der Waals surface area contributed by atoms with Crippen LogP contribution in [-0.4, -0.2) is 48.1 Å². The van der Waals surface area contributed by atoms with Gasteiger partial charge in [0.2, 0.25) is 0 Å². The average molecular weight is 263 g/mol. The van der Waals surface area contributed by atoms with Gasteiger partial charge in [-0.15, -0.1) is 0 Å². The molecule has 2 N–H and O–H groups in total. The molecule has 5 nitrogen and oxygen atoms in total. The van der Waals surface area contributed by atoms with Crippen molar-refractivity contribution in [1.82, 2.24) is 14.9 Å². The molecule has 2 heterocycles. The molecule has 0 radical (unpaired) electrons. The minimum absolute atomic E-state index is 0.488. The minimum Gasteiger partial charge on any atom is -0.373 e. The largest absolute Gasteiger partial charge is 0.373 e. The Hall–Kier alpha value is -1.36.